The summed E-state index contributed by atoms with van der Waals surface area (Å²) in [5.41, 5.74) is 6.35. The lowest BCUT2D eigenvalue weighted by Crippen LogP contribution is -2.50. The lowest BCUT2D eigenvalue weighted by atomic mass is 9.92. The standard InChI is InChI=1S/C12H23N5/c1-4-17-11(14-9-15-17)10(13)12(2,3)16-7-5-6-8-16/h9-10H,4-8,13H2,1-3H3. The number of hydrogen-bond acceptors (Lipinski definition) is 4. The van der Waals surface area contributed by atoms with Gasteiger partial charge in [0.2, 0.25) is 0 Å². The molecular weight excluding hydrogens is 214 g/mol. The maximum atomic E-state index is 6.41. The molecule has 1 unspecified atom stereocenters. The van der Waals surface area contributed by atoms with Gasteiger partial charge < -0.3 is 5.73 Å². The maximum absolute atomic E-state index is 6.41. The van der Waals surface area contributed by atoms with Crippen molar-refractivity contribution >= 4 is 0 Å². The van der Waals surface area contributed by atoms with Crippen molar-refractivity contribution in [3.8, 4) is 0 Å². The van der Waals surface area contributed by atoms with Gasteiger partial charge in [0.05, 0.1) is 6.04 Å². The Labute approximate surface area is 103 Å². The van der Waals surface area contributed by atoms with Gasteiger partial charge in [-0.2, -0.15) is 5.10 Å². The number of nitrogens with zero attached hydrogens (tertiary/aromatic N) is 4. The third kappa shape index (κ3) is 2.21. The molecule has 5 heteroatoms. The molecular formula is C12H23N5. The largest absolute Gasteiger partial charge is 0.320 e. The predicted octanol–water partition coefficient (Wildman–Crippen LogP) is 1.17. The first-order chi connectivity index (χ1) is 8.07. The molecule has 0 bridgehead atoms. The fraction of sp³-hybridized carbons (Fsp3) is 0.833. The summed E-state index contributed by atoms with van der Waals surface area (Å²) in [5.74, 6) is 0.893. The monoisotopic (exact) mass is 237 g/mol. The Morgan fingerprint density at radius 2 is 2.06 bits per heavy atom. The highest BCUT2D eigenvalue weighted by molar-refractivity contribution is 5.05. The molecule has 2 rings (SSSR count). The number of likely N-dealkylation sites (tertiary alicyclic amines) is 1. The minimum Gasteiger partial charge on any atom is -0.320 e. The van der Waals surface area contributed by atoms with E-state index in [-0.39, 0.29) is 11.6 Å². The molecule has 1 aromatic heterocycles. The number of aromatic nitrogens is 3. The Kier molecular flexibility index (Phi) is 3.49. The Hall–Kier alpha value is -0.940. The molecule has 2 N–H and O–H groups in total. The fourth-order valence-electron chi connectivity index (χ4n) is 2.56. The first-order valence-electron chi connectivity index (χ1n) is 6.45. The molecule has 1 aromatic rings. The normalized spacial score (nSPS) is 19.8. The SMILES string of the molecule is CCn1ncnc1C(N)C(C)(C)N1CCCC1. The molecule has 1 atom stereocenters. The number of hydrogen-bond donors (Lipinski definition) is 1. The molecule has 0 saturated carbocycles. The average Bonchev–Trinajstić information content (AvgIpc) is 2.98. The van der Waals surface area contributed by atoms with Crippen molar-refractivity contribution in [2.75, 3.05) is 13.1 Å². The number of aryl methyl sites for hydroxylation is 1. The first kappa shape index (κ1) is 12.5. The Morgan fingerprint density at radius 3 is 2.65 bits per heavy atom. The van der Waals surface area contributed by atoms with Crippen LogP contribution in [0.15, 0.2) is 6.33 Å². The van der Waals surface area contributed by atoms with Gasteiger partial charge in [0.1, 0.15) is 12.2 Å². The maximum Gasteiger partial charge on any atom is 0.145 e. The van der Waals surface area contributed by atoms with Crippen LogP contribution in [0.4, 0.5) is 0 Å². The van der Waals surface area contributed by atoms with Gasteiger partial charge in [-0.25, -0.2) is 9.67 Å². The van der Waals surface area contributed by atoms with Crippen LogP contribution in [-0.2, 0) is 6.54 Å². The van der Waals surface area contributed by atoms with E-state index in [1.54, 1.807) is 6.33 Å². The zero-order valence-electron chi connectivity index (χ0n) is 11.1. The second kappa shape index (κ2) is 4.74. The predicted molar refractivity (Wildman–Crippen MR) is 67.5 cm³/mol. The molecule has 0 spiro atoms. The van der Waals surface area contributed by atoms with Crippen LogP contribution in [0.3, 0.4) is 0 Å². The summed E-state index contributed by atoms with van der Waals surface area (Å²) < 4.78 is 1.89. The van der Waals surface area contributed by atoms with E-state index in [0.717, 1.165) is 25.5 Å². The third-order valence-corrected chi connectivity index (χ3v) is 3.91. The van der Waals surface area contributed by atoms with E-state index in [1.807, 2.05) is 4.68 Å². The smallest absolute Gasteiger partial charge is 0.145 e. The zero-order valence-corrected chi connectivity index (χ0v) is 11.1. The minimum absolute atomic E-state index is 0.0591. The molecule has 1 saturated heterocycles. The summed E-state index contributed by atoms with van der Waals surface area (Å²) in [5, 5.41) is 4.20. The number of rotatable bonds is 4. The minimum atomic E-state index is -0.0944. The lowest BCUT2D eigenvalue weighted by Gasteiger charge is -2.39. The van der Waals surface area contributed by atoms with Gasteiger partial charge in [-0.1, -0.05) is 0 Å². The third-order valence-electron chi connectivity index (χ3n) is 3.91. The van der Waals surface area contributed by atoms with Gasteiger partial charge in [0, 0.05) is 12.1 Å². The van der Waals surface area contributed by atoms with Gasteiger partial charge in [-0.15, -0.1) is 0 Å². The van der Waals surface area contributed by atoms with Gasteiger partial charge >= 0.3 is 0 Å². The fourth-order valence-corrected chi connectivity index (χ4v) is 2.56. The van der Waals surface area contributed by atoms with E-state index in [1.165, 1.54) is 12.8 Å². The summed E-state index contributed by atoms with van der Waals surface area (Å²) in [4.78, 5) is 6.79. The molecule has 1 fully saturated rings. The molecule has 0 radical (unpaired) electrons. The van der Waals surface area contributed by atoms with Gasteiger partial charge in [-0.3, -0.25) is 4.90 Å². The number of nitrogens with two attached hydrogens (primary N) is 1. The highest BCUT2D eigenvalue weighted by Crippen LogP contribution is 2.30. The quantitative estimate of drug-likeness (QED) is 0.854. The van der Waals surface area contributed by atoms with Crippen molar-refractivity contribution in [3.05, 3.63) is 12.2 Å². The van der Waals surface area contributed by atoms with E-state index in [4.69, 9.17) is 5.73 Å². The summed E-state index contributed by atoms with van der Waals surface area (Å²) >= 11 is 0. The summed E-state index contributed by atoms with van der Waals surface area (Å²) in [7, 11) is 0. The molecule has 96 valence electrons. The Bertz CT molecular complexity index is 365. The second-order valence-electron chi connectivity index (χ2n) is 5.26. The summed E-state index contributed by atoms with van der Waals surface area (Å²) in [6.45, 7) is 9.57. The molecule has 17 heavy (non-hydrogen) atoms. The molecule has 0 aliphatic carbocycles. The van der Waals surface area contributed by atoms with Crippen molar-refractivity contribution in [1.82, 2.24) is 19.7 Å². The van der Waals surface area contributed by atoms with Gasteiger partial charge in [0.15, 0.2) is 0 Å². The van der Waals surface area contributed by atoms with Gasteiger partial charge in [0.25, 0.3) is 0 Å². The van der Waals surface area contributed by atoms with Crippen LogP contribution in [-0.4, -0.2) is 38.3 Å². The van der Waals surface area contributed by atoms with Crippen LogP contribution in [0.2, 0.25) is 0 Å². The molecule has 0 amide bonds. The molecule has 1 aliphatic heterocycles. The van der Waals surface area contributed by atoms with E-state index < -0.39 is 0 Å². The highest BCUT2D eigenvalue weighted by Gasteiger charge is 2.37. The topological polar surface area (TPSA) is 60.0 Å². The average molecular weight is 237 g/mol. The van der Waals surface area contributed by atoms with Crippen LogP contribution in [0, 0.1) is 0 Å². The zero-order chi connectivity index (χ0) is 12.5. The van der Waals surface area contributed by atoms with Crippen LogP contribution < -0.4 is 5.73 Å². The van der Waals surface area contributed by atoms with Gasteiger partial charge in [-0.05, 0) is 46.7 Å². The van der Waals surface area contributed by atoms with Crippen LogP contribution in [0.25, 0.3) is 0 Å². The van der Waals surface area contributed by atoms with E-state index in [9.17, 15) is 0 Å². The van der Waals surface area contributed by atoms with Crippen molar-refractivity contribution in [2.24, 2.45) is 5.73 Å². The van der Waals surface area contributed by atoms with E-state index >= 15 is 0 Å². The van der Waals surface area contributed by atoms with Crippen LogP contribution in [0.5, 0.6) is 0 Å². The highest BCUT2D eigenvalue weighted by atomic mass is 15.3. The van der Waals surface area contributed by atoms with E-state index in [2.05, 4.69) is 35.8 Å². The molecule has 0 aromatic carbocycles. The van der Waals surface area contributed by atoms with Crippen molar-refractivity contribution in [3.63, 3.8) is 0 Å². The molecule has 1 aliphatic rings. The van der Waals surface area contributed by atoms with Crippen molar-refractivity contribution in [1.29, 1.82) is 0 Å². The molecule has 2 heterocycles. The first-order valence-corrected chi connectivity index (χ1v) is 6.45. The van der Waals surface area contributed by atoms with Crippen LogP contribution in [0.1, 0.15) is 45.5 Å². The lowest BCUT2D eigenvalue weighted by molar-refractivity contribution is 0.118. The van der Waals surface area contributed by atoms with E-state index in [0.29, 0.717) is 0 Å². The van der Waals surface area contributed by atoms with Crippen molar-refractivity contribution in [2.45, 2.75) is 51.7 Å². The summed E-state index contributed by atoms with van der Waals surface area (Å²) in [6, 6.07) is -0.0944. The Morgan fingerprint density at radius 1 is 1.41 bits per heavy atom. The van der Waals surface area contributed by atoms with Crippen LogP contribution >= 0.6 is 0 Å². The molecule has 5 nitrogen and oxygen atoms in total. The van der Waals surface area contributed by atoms with Crippen molar-refractivity contribution < 1.29 is 0 Å². The Balaban J connectivity index is 2.20. The summed E-state index contributed by atoms with van der Waals surface area (Å²) in [6.07, 6.45) is 4.14. The second-order valence-corrected chi connectivity index (χ2v) is 5.26.